The van der Waals surface area contributed by atoms with E-state index in [0.29, 0.717) is 10.8 Å². The van der Waals surface area contributed by atoms with Gasteiger partial charge in [-0.25, -0.2) is 0 Å². The van der Waals surface area contributed by atoms with Gasteiger partial charge in [-0.3, -0.25) is 14.2 Å². The number of thioether (sulfide) groups is 1. The van der Waals surface area contributed by atoms with Crippen LogP contribution < -0.4 is 5.32 Å². The van der Waals surface area contributed by atoms with Gasteiger partial charge in [0, 0.05) is 17.2 Å². The predicted molar refractivity (Wildman–Crippen MR) is 117 cm³/mol. The van der Waals surface area contributed by atoms with Crippen LogP contribution in [0.15, 0.2) is 64.5 Å². The van der Waals surface area contributed by atoms with Crippen molar-refractivity contribution in [3.05, 3.63) is 64.9 Å². The van der Waals surface area contributed by atoms with Crippen LogP contribution in [0.4, 0.5) is 5.69 Å². The Hall–Kier alpha value is -2.65. The van der Waals surface area contributed by atoms with Crippen molar-refractivity contribution < 1.29 is 9.59 Å². The average molecular weight is 474 g/mol. The Morgan fingerprint density at radius 3 is 2.62 bits per heavy atom. The number of likely N-dealkylation sites (N-methyl/N-ethyl adjacent to an activating group) is 1. The molecule has 0 aliphatic rings. The Morgan fingerprint density at radius 1 is 1.17 bits per heavy atom. The molecular weight excluding hydrogens is 454 g/mol. The topological polar surface area (TPSA) is 80.1 Å². The molecule has 0 aliphatic carbocycles. The molecule has 0 radical (unpaired) electrons. The fraction of sp³-hybridized carbons (Fsp3) is 0.200. The number of halogens is 1. The summed E-state index contributed by atoms with van der Waals surface area (Å²) in [4.78, 5) is 26.1. The maximum absolute atomic E-state index is 12.4. The third-order valence-electron chi connectivity index (χ3n) is 4.11. The van der Waals surface area contributed by atoms with E-state index < -0.39 is 0 Å². The molecule has 0 fully saturated rings. The molecule has 7 nitrogen and oxygen atoms in total. The Morgan fingerprint density at radius 2 is 1.90 bits per heavy atom. The normalized spacial score (nSPS) is 10.6. The zero-order valence-corrected chi connectivity index (χ0v) is 18.4. The van der Waals surface area contributed by atoms with Crippen molar-refractivity contribution in [2.45, 2.75) is 12.1 Å². The van der Waals surface area contributed by atoms with Gasteiger partial charge in [0.25, 0.3) is 0 Å². The monoisotopic (exact) mass is 473 g/mol. The molecule has 0 atom stereocenters. The SMILES string of the molecule is Cc1ccc(-n2cnnc2SCC(=O)N(C)CC(=O)Nc2ccccc2Br)cc1. The second kappa shape index (κ2) is 9.71. The summed E-state index contributed by atoms with van der Waals surface area (Å²) in [6, 6.07) is 15.3. The largest absolute Gasteiger partial charge is 0.336 e. The van der Waals surface area contributed by atoms with Crippen LogP contribution in [-0.4, -0.2) is 50.8 Å². The quantitative estimate of drug-likeness (QED) is 0.530. The van der Waals surface area contributed by atoms with Crippen molar-refractivity contribution in [3.63, 3.8) is 0 Å². The average Bonchev–Trinajstić information content (AvgIpc) is 3.17. The number of nitrogens with zero attached hydrogens (tertiary/aromatic N) is 4. The van der Waals surface area contributed by atoms with Crippen LogP contribution in [-0.2, 0) is 9.59 Å². The number of hydrogen-bond acceptors (Lipinski definition) is 5. The summed E-state index contributed by atoms with van der Waals surface area (Å²) in [5, 5.41) is 11.4. The summed E-state index contributed by atoms with van der Waals surface area (Å²) < 4.78 is 2.62. The maximum atomic E-state index is 12.4. The summed E-state index contributed by atoms with van der Waals surface area (Å²) in [6.07, 6.45) is 1.62. The lowest BCUT2D eigenvalue weighted by Crippen LogP contribution is -2.36. The lowest BCUT2D eigenvalue weighted by atomic mass is 10.2. The van der Waals surface area contributed by atoms with Crippen molar-refractivity contribution in [2.75, 3.05) is 24.7 Å². The van der Waals surface area contributed by atoms with Gasteiger partial charge in [0.15, 0.2) is 5.16 Å². The van der Waals surface area contributed by atoms with Gasteiger partial charge in [-0.1, -0.05) is 41.6 Å². The number of amides is 2. The minimum Gasteiger partial charge on any atom is -0.336 e. The molecule has 0 saturated heterocycles. The third kappa shape index (κ3) is 5.68. The van der Waals surface area contributed by atoms with Crippen LogP contribution in [0, 0.1) is 6.92 Å². The fourth-order valence-corrected chi connectivity index (χ4v) is 3.75. The van der Waals surface area contributed by atoms with Gasteiger partial charge in [0.05, 0.1) is 18.0 Å². The molecule has 1 N–H and O–H groups in total. The molecule has 0 spiro atoms. The number of aryl methyl sites for hydroxylation is 1. The van der Waals surface area contributed by atoms with Crippen molar-refractivity contribution >= 4 is 45.2 Å². The summed E-state index contributed by atoms with van der Waals surface area (Å²) in [5.41, 5.74) is 2.75. The Kier molecular flexibility index (Phi) is 7.05. The highest BCUT2D eigenvalue weighted by molar-refractivity contribution is 9.10. The summed E-state index contributed by atoms with van der Waals surface area (Å²) in [5.74, 6) is -0.278. The zero-order valence-electron chi connectivity index (χ0n) is 16.0. The van der Waals surface area contributed by atoms with Crippen LogP contribution in [0.5, 0.6) is 0 Å². The fourth-order valence-electron chi connectivity index (χ4n) is 2.50. The van der Waals surface area contributed by atoms with Gasteiger partial charge in [-0.15, -0.1) is 10.2 Å². The van der Waals surface area contributed by atoms with Gasteiger partial charge >= 0.3 is 0 Å². The number of benzene rings is 2. The first-order chi connectivity index (χ1) is 13.9. The lowest BCUT2D eigenvalue weighted by Gasteiger charge is -2.17. The second-order valence-electron chi connectivity index (χ2n) is 6.39. The van der Waals surface area contributed by atoms with Crippen molar-refractivity contribution in [1.82, 2.24) is 19.7 Å². The molecule has 1 heterocycles. The smallest absolute Gasteiger partial charge is 0.244 e. The Balaban J connectivity index is 1.54. The van der Waals surface area contributed by atoms with Gasteiger partial charge in [0.1, 0.15) is 6.33 Å². The highest BCUT2D eigenvalue weighted by atomic mass is 79.9. The van der Waals surface area contributed by atoms with E-state index in [9.17, 15) is 9.59 Å². The predicted octanol–water partition coefficient (Wildman–Crippen LogP) is 3.53. The molecular formula is C20H20BrN5O2S. The Labute approximate surface area is 181 Å². The molecule has 0 aliphatic heterocycles. The lowest BCUT2D eigenvalue weighted by molar-refractivity contribution is -0.131. The van der Waals surface area contributed by atoms with E-state index in [1.165, 1.54) is 16.7 Å². The van der Waals surface area contributed by atoms with Crippen LogP contribution in [0.2, 0.25) is 0 Å². The third-order valence-corrected chi connectivity index (χ3v) is 5.73. The molecule has 150 valence electrons. The minimum absolute atomic E-state index is 0.0363. The van der Waals surface area contributed by atoms with Crippen LogP contribution in [0.3, 0.4) is 0 Å². The summed E-state index contributed by atoms with van der Waals surface area (Å²) in [7, 11) is 1.60. The molecule has 9 heteroatoms. The van der Waals surface area contributed by atoms with Gasteiger partial charge in [-0.05, 0) is 47.1 Å². The van der Waals surface area contributed by atoms with Crippen LogP contribution >= 0.6 is 27.7 Å². The number of anilines is 1. The number of carbonyl (C=O) groups is 2. The zero-order chi connectivity index (χ0) is 20.8. The molecule has 29 heavy (non-hydrogen) atoms. The highest BCUT2D eigenvalue weighted by Gasteiger charge is 2.16. The molecule has 2 aromatic carbocycles. The maximum Gasteiger partial charge on any atom is 0.244 e. The van der Waals surface area contributed by atoms with E-state index in [1.807, 2.05) is 54.0 Å². The first kappa shape index (κ1) is 21.1. The van der Waals surface area contributed by atoms with Crippen LogP contribution in [0.1, 0.15) is 5.56 Å². The molecule has 0 saturated carbocycles. The van der Waals surface area contributed by atoms with E-state index in [0.717, 1.165) is 15.7 Å². The second-order valence-corrected chi connectivity index (χ2v) is 8.18. The van der Waals surface area contributed by atoms with Gasteiger partial charge in [0.2, 0.25) is 11.8 Å². The summed E-state index contributed by atoms with van der Waals surface area (Å²) in [6.45, 7) is 1.98. The van der Waals surface area contributed by atoms with Crippen LogP contribution in [0.25, 0.3) is 5.69 Å². The molecule has 3 aromatic rings. The van der Waals surface area contributed by atoms with Gasteiger partial charge < -0.3 is 10.2 Å². The van der Waals surface area contributed by atoms with Crippen molar-refractivity contribution in [3.8, 4) is 5.69 Å². The molecule has 3 rings (SSSR count). The first-order valence-corrected chi connectivity index (χ1v) is 10.6. The van der Waals surface area contributed by atoms with Crippen molar-refractivity contribution in [2.24, 2.45) is 0 Å². The number of aromatic nitrogens is 3. The van der Waals surface area contributed by atoms with E-state index >= 15 is 0 Å². The van der Waals surface area contributed by atoms with E-state index in [-0.39, 0.29) is 24.1 Å². The number of carbonyl (C=O) groups excluding carboxylic acids is 2. The van der Waals surface area contributed by atoms with E-state index in [1.54, 1.807) is 19.4 Å². The highest BCUT2D eigenvalue weighted by Crippen LogP contribution is 2.22. The van der Waals surface area contributed by atoms with E-state index in [4.69, 9.17) is 0 Å². The standard InChI is InChI=1S/C20H20BrN5O2S/c1-14-7-9-15(10-8-14)26-13-22-24-20(26)29-12-19(28)25(2)11-18(27)23-17-6-4-3-5-16(17)21/h3-10,13H,11-12H2,1-2H3,(H,23,27). The summed E-state index contributed by atoms with van der Waals surface area (Å²) >= 11 is 4.66. The van der Waals surface area contributed by atoms with Crippen molar-refractivity contribution in [1.29, 1.82) is 0 Å². The first-order valence-electron chi connectivity index (χ1n) is 8.82. The van der Waals surface area contributed by atoms with Gasteiger partial charge in [-0.2, -0.15) is 0 Å². The number of hydrogen-bond donors (Lipinski definition) is 1. The minimum atomic E-state index is -0.263. The molecule has 0 bridgehead atoms. The molecule has 0 unspecified atom stereocenters. The number of rotatable bonds is 7. The molecule has 2 amide bonds. The molecule has 1 aromatic heterocycles. The number of nitrogens with one attached hydrogen (secondary N) is 1. The Bertz CT molecular complexity index is 1010. The van der Waals surface area contributed by atoms with E-state index in [2.05, 4.69) is 31.4 Å². The number of para-hydroxylation sites is 1.